The van der Waals surface area contributed by atoms with E-state index in [1.807, 2.05) is 5.32 Å². The van der Waals surface area contributed by atoms with Crippen molar-refractivity contribution in [3.05, 3.63) is 28.8 Å². The summed E-state index contributed by atoms with van der Waals surface area (Å²) in [6.45, 7) is -1.72. The largest absolute Gasteiger partial charge is 0.440 e. The zero-order valence-corrected chi connectivity index (χ0v) is 10.9. The fraction of sp³-hybridized carbons (Fsp3) is 0.273. The zero-order chi connectivity index (χ0) is 15.3. The van der Waals surface area contributed by atoms with Gasteiger partial charge in [-0.05, 0) is 18.2 Å². The highest BCUT2D eigenvalue weighted by Crippen LogP contribution is 2.23. The van der Waals surface area contributed by atoms with Crippen molar-refractivity contribution in [1.82, 2.24) is 5.32 Å². The predicted octanol–water partition coefficient (Wildman–Crippen LogP) is 2.81. The Labute approximate surface area is 117 Å². The first-order valence-electron chi connectivity index (χ1n) is 5.25. The lowest BCUT2D eigenvalue weighted by Gasteiger charge is -2.11. The molecule has 0 aliphatic rings. The first-order chi connectivity index (χ1) is 9.23. The van der Waals surface area contributed by atoms with Crippen molar-refractivity contribution in [1.29, 1.82) is 0 Å². The van der Waals surface area contributed by atoms with Crippen molar-refractivity contribution in [3.8, 4) is 0 Å². The van der Waals surface area contributed by atoms with Gasteiger partial charge in [0.2, 0.25) is 0 Å². The zero-order valence-electron chi connectivity index (χ0n) is 10.2. The molecule has 110 valence electrons. The summed E-state index contributed by atoms with van der Waals surface area (Å²) < 4.78 is 39.6. The van der Waals surface area contributed by atoms with E-state index in [2.05, 4.69) is 10.1 Å². The Morgan fingerprint density at radius 2 is 2.00 bits per heavy atom. The molecule has 2 N–H and O–H groups in total. The van der Waals surface area contributed by atoms with E-state index >= 15 is 0 Å². The third-order valence-electron chi connectivity index (χ3n) is 2.06. The lowest BCUT2D eigenvalue weighted by molar-refractivity contribution is -0.159. The standard InChI is InChI=1S/C11H10ClF3N2O3/c1-16-9(18)6-2-3-7(12)8(4-6)17-10(19)20-5-11(13,14)15/h2-4H,5H2,1H3,(H,16,18)(H,17,19). The summed E-state index contributed by atoms with van der Waals surface area (Å²) in [5.41, 5.74) is 0.156. The van der Waals surface area contributed by atoms with Crippen LogP contribution in [0.2, 0.25) is 5.02 Å². The number of rotatable bonds is 3. The molecule has 20 heavy (non-hydrogen) atoms. The Morgan fingerprint density at radius 1 is 1.35 bits per heavy atom. The molecule has 9 heteroatoms. The van der Waals surface area contributed by atoms with Crippen LogP contribution in [-0.2, 0) is 4.74 Å². The number of amides is 2. The van der Waals surface area contributed by atoms with Gasteiger partial charge in [0, 0.05) is 12.6 Å². The molecule has 1 aromatic rings. The van der Waals surface area contributed by atoms with Crippen LogP contribution in [0, 0.1) is 0 Å². The predicted molar refractivity (Wildman–Crippen MR) is 65.9 cm³/mol. The minimum Gasteiger partial charge on any atom is -0.440 e. The van der Waals surface area contributed by atoms with E-state index in [-0.39, 0.29) is 16.3 Å². The number of halogens is 4. The summed E-state index contributed by atoms with van der Waals surface area (Å²) >= 11 is 5.75. The van der Waals surface area contributed by atoms with Gasteiger partial charge < -0.3 is 10.1 Å². The fourth-order valence-electron chi connectivity index (χ4n) is 1.20. The number of alkyl halides is 3. The summed E-state index contributed by atoms with van der Waals surface area (Å²) in [7, 11) is 1.40. The minimum absolute atomic E-state index is 0.0278. The number of anilines is 1. The maximum absolute atomic E-state index is 11.9. The molecule has 0 saturated heterocycles. The van der Waals surface area contributed by atoms with Crippen LogP contribution in [0.1, 0.15) is 10.4 Å². The van der Waals surface area contributed by atoms with E-state index < -0.39 is 24.8 Å². The van der Waals surface area contributed by atoms with E-state index in [4.69, 9.17) is 11.6 Å². The van der Waals surface area contributed by atoms with Gasteiger partial charge in [-0.2, -0.15) is 13.2 Å². The Balaban J connectivity index is 2.76. The Kier molecular flexibility index (Phi) is 5.20. The lowest BCUT2D eigenvalue weighted by atomic mass is 10.2. The molecule has 0 heterocycles. The summed E-state index contributed by atoms with van der Waals surface area (Å²) in [5.74, 6) is -0.437. The number of hydrogen-bond acceptors (Lipinski definition) is 3. The van der Waals surface area contributed by atoms with Crippen LogP contribution in [0.25, 0.3) is 0 Å². The number of carbonyl (C=O) groups is 2. The van der Waals surface area contributed by atoms with Crippen molar-refractivity contribution in [3.63, 3.8) is 0 Å². The molecule has 1 rings (SSSR count). The maximum atomic E-state index is 11.9. The van der Waals surface area contributed by atoms with Gasteiger partial charge >= 0.3 is 12.3 Å². The van der Waals surface area contributed by atoms with Gasteiger partial charge in [0.05, 0.1) is 10.7 Å². The quantitative estimate of drug-likeness (QED) is 0.902. The SMILES string of the molecule is CNC(=O)c1ccc(Cl)c(NC(=O)OCC(F)(F)F)c1. The minimum atomic E-state index is -4.62. The molecular formula is C11H10ClF3N2O3. The lowest BCUT2D eigenvalue weighted by Crippen LogP contribution is -2.24. The van der Waals surface area contributed by atoms with Gasteiger partial charge in [-0.3, -0.25) is 10.1 Å². The first kappa shape index (κ1) is 16.1. The molecular weight excluding hydrogens is 301 g/mol. The van der Waals surface area contributed by atoms with Gasteiger partial charge in [0.25, 0.3) is 5.91 Å². The summed E-state index contributed by atoms with van der Waals surface area (Å²) in [4.78, 5) is 22.5. The summed E-state index contributed by atoms with van der Waals surface area (Å²) in [6.07, 6.45) is -5.94. The molecule has 0 fully saturated rings. The van der Waals surface area contributed by atoms with Crippen LogP contribution >= 0.6 is 11.6 Å². The second-order valence-electron chi connectivity index (χ2n) is 3.59. The van der Waals surface area contributed by atoms with Crippen LogP contribution in [0.4, 0.5) is 23.7 Å². The molecule has 0 spiro atoms. The number of carbonyl (C=O) groups excluding carboxylic acids is 2. The van der Waals surface area contributed by atoms with Crippen LogP contribution in [0.5, 0.6) is 0 Å². The van der Waals surface area contributed by atoms with Crippen molar-refractivity contribution in [2.45, 2.75) is 6.18 Å². The topological polar surface area (TPSA) is 67.4 Å². The summed E-state index contributed by atoms with van der Waals surface area (Å²) in [6, 6.07) is 3.94. The van der Waals surface area contributed by atoms with E-state index in [0.717, 1.165) is 0 Å². The maximum Gasteiger partial charge on any atom is 0.422 e. The van der Waals surface area contributed by atoms with Crippen LogP contribution in [0.15, 0.2) is 18.2 Å². The van der Waals surface area contributed by atoms with E-state index in [1.54, 1.807) is 0 Å². The Bertz CT molecular complexity index is 520. The highest BCUT2D eigenvalue weighted by Gasteiger charge is 2.29. The molecule has 0 atom stereocenters. The van der Waals surface area contributed by atoms with Crippen LogP contribution in [0.3, 0.4) is 0 Å². The van der Waals surface area contributed by atoms with E-state index in [9.17, 15) is 22.8 Å². The number of ether oxygens (including phenoxy) is 1. The number of benzene rings is 1. The van der Waals surface area contributed by atoms with Crippen LogP contribution in [-0.4, -0.2) is 31.8 Å². The monoisotopic (exact) mass is 310 g/mol. The molecule has 0 aromatic heterocycles. The second-order valence-corrected chi connectivity index (χ2v) is 4.00. The highest BCUT2D eigenvalue weighted by molar-refractivity contribution is 6.33. The van der Waals surface area contributed by atoms with Crippen molar-refractivity contribution in [2.24, 2.45) is 0 Å². The van der Waals surface area contributed by atoms with E-state index in [0.29, 0.717) is 0 Å². The van der Waals surface area contributed by atoms with Crippen molar-refractivity contribution in [2.75, 3.05) is 19.0 Å². The van der Waals surface area contributed by atoms with Gasteiger partial charge in [-0.15, -0.1) is 0 Å². The highest BCUT2D eigenvalue weighted by atomic mass is 35.5. The normalized spacial score (nSPS) is 10.8. The molecule has 0 bridgehead atoms. The molecule has 1 aromatic carbocycles. The van der Waals surface area contributed by atoms with Gasteiger partial charge in [0.15, 0.2) is 6.61 Å². The number of nitrogens with one attached hydrogen (secondary N) is 2. The molecule has 0 saturated carbocycles. The second kappa shape index (κ2) is 6.47. The molecule has 0 unspecified atom stereocenters. The fourth-order valence-corrected chi connectivity index (χ4v) is 1.36. The summed E-state index contributed by atoms with van der Waals surface area (Å²) in [5, 5.41) is 4.44. The average molecular weight is 311 g/mol. The number of hydrogen-bond donors (Lipinski definition) is 2. The third-order valence-corrected chi connectivity index (χ3v) is 2.39. The Hall–Kier alpha value is -1.96. The van der Waals surface area contributed by atoms with Gasteiger partial charge in [0.1, 0.15) is 0 Å². The van der Waals surface area contributed by atoms with Crippen LogP contribution < -0.4 is 10.6 Å². The molecule has 0 aliphatic heterocycles. The molecule has 5 nitrogen and oxygen atoms in total. The van der Waals surface area contributed by atoms with Crippen molar-refractivity contribution < 1.29 is 27.5 Å². The smallest absolute Gasteiger partial charge is 0.422 e. The molecule has 0 radical (unpaired) electrons. The van der Waals surface area contributed by atoms with Gasteiger partial charge in [-0.25, -0.2) is 4.79 Å². The van der Waals surface area contributed by atoms with E-state index in [1.165, 1.54) is 25.2 Å². The third kappa shape index (κ3) is 4.96. The van der Waals surface area contributed by atoms with Crippen molar-refractivity contribution >= 4 is 29.3 Å². The molecule has 2 amide bonds. The molecule has 0 aliphatic carbocycles. The Morgan fingerprint density at radius 3 is 2.55 bits per heavy atom. The van der Waals surface area contributed by atoms with Gasteiger partial charge in [-0.1, -0.05) is 11.6 Å². The average Bonchev–Trinajstić information content (AvgIpc) is 2.37. The first-order valence-corrected chi connectivity index (χ1v) is 5.63.